The first kappa shape index (κ1) is 118. The number of aliphatic hydroxyl groups excluding tert-OH is 4. The summed E-state index contributed by atoms with van der Waals surface area (Å²) in [5, 5.41) is 51.9. The van der Waals surface area contributed by atoms with E-state index in [1.54, 1.807) is 0 Å². The normalized spacial score (nSPS) is 20.2. The van der Waals surface area contributed by atoms with Gasteiger partial charge in [0, 0.05) is 25.4 Å². The van der Waals surface area contributed by atoms with Crippen molar-refractivity contribution in [2.24, 2.45) is 5.92 Å². The summed E-state index contributed by atoms with van der Waals surface area (Å²) in [5.74, 6) is -6.20. The molecular formula is C97H184N2O24P2. The van der Waals surface area contributed by atoms with Gasteiger partial charge in [-0.25, -0.2) is 9.13 Å². The van der Waals surface area contributed by atoms with Crippen molar-refractivity contribution in [2.45, 2.75) is 564 Å². The number of hydrogen-bond donors (Lipinski definition) is 10. The van der Waals surface area contributed by atoms with Crippen LogP contribution in [-0.4, -0.2) is 168 Å². The van der Waals surface area contributed by atoms with Crippen molar-refractivity contribution in [3.8, 4) is 0 Å². The van der Waals surface area contributed by atoms with Crippen LogP contribution in [0.1, 0.15) is 485 Å². The van der Waals surface area contributed by atoms with Gasteiger partial charge in [0.15, 0.2) is 18.5 Å². The molecule has 14 atom stereocenters. The van der Waals surface area contributed by atoms with Gasteiger partial charge in [-0.2, -0.15) is 0 Å². The zero-order valence-corrected chi connectivity index (χ0v) is 81.1. The zero-order valence-electron chi connectivity index (χ0n) is 79.3. The number of ether oxygens (including phenoxy) is 6. The molecule has 0 radical (unpaired) electrons. The third-order valence-electron chi connectivity index (χ3n) is 24.9. The van der Waals surface area contributed by atoms with Crippen molar-refractivity contribution in [1.82, 2.24) is 10.6 Å². The van der Waals surface area contributed by atoms with E-state index in [1.807, 2.05) is 0 Å². The van der Waals surface area contributed by atoms with E-state index in [0.29, 0.717) is 38.5 Å². The molecule has 10 N–H and O–H groups in total. The standard InChI is InChI=1S/C97H184N2O24P2/c1-7-13-19-25-31-37-39-45-51-57-63-69-87(105)117-81(67-61-55-49-43-35-29-23-17-11-5)74-86(104)98-91-83(71-78(76-100)94(122-124(110,111)112)96(91)121-90(108)75-82(68-62-56-50-44-36-30-24-18-12-6)118-88(106)70-64-58-52-46-40-38-32-26-20-14-8-2)116-77-84-93(109)95(120-89(107)73-80(102)66-60-54-48-42-34-28-22-16-10-4)92(97(119-84)123-125(113,114)115)99-85(103)72-79(101)65-59-53-47-41-33-27-21-15-9-3/h78-84,91-97,100-102,109H,7-77H2,1-6H3,(H,98,104)(H,99,103)(H2,110,111,112)(H2,113,114,115). The zero-order chi connectivity index (χ0) is 91.8. The predicted octanol–water partition coefficient (Wildman–Crippen LogP) is 22.0. The van der Waals surface area contributed by atoms with Crippen LogP contribution in [0.2, 0.25) is 0 Å². The van der Waals surface area contributed by atoms with E-state index >= 15 is 9.59 Å². The van der Waals surface area contributed by atoms with E-state index in [1.165, 1.54) is 89.9 Å². The van der Waals surface area contributed by atoms with Crippen LogP contribution in [0.5, 0.6) is 0 Å². The van der Waals surface area contributed by atoms with Gasteiger partial charge >= 0.3 is 39.5 Å². The Labute approximate surface area is 756 Å². The number of unbranched alkanes of at least 4 members (excludes halogenated alkanes) is 52. The lowest BCUT2D eigenvalue weighted by atomic mass is 9.79. The number of hydrogen-bond acceptors (Lipinski definition) is 20. The highest BCUT2D eigenvalue weighted by atomic mass is 31.2. The maximum Gasteiger partial charge on any atom is 0.472 e. The predicted molar refractivity (Wildman–Crippen MR) is 493 cm³/mol. The van der Waals surface area contributed by atoms with Crippen LogP contribution in [0.15, 0.2) is 0 Å². The highest BCUT2D eigenvalue weighted by molar-refractivity contribution is 7.46. The fraction of sp³-hybridized carbons (Fsp3) is 0.938. The molecule has 1 saturated heterocycles. The first-order valence-corrected chi connectivity index (χ1v) is 54.1. The van der Waals surface area contributed by atoms with Crippen LogP contribution in [0, 0.1) is 5.92 Å². The van der Waals surface area contributed by atoms with Gasteiger partial charge < -0.3 is 79.1 Å². The van der Waals surface area contributed by atoms with E-state index < -0.39 is 182 Å². The number of nitrogens with one attached hydrogen (secondary N) is 2. The number of carbonyl (C=O) groups excluding carboxylic acids is 6. The summed E-state index contributed by atoms with van der Waals surface area (Å²) in [5.41, 5.74) is 0. The number of esters is 4. The van der Waals surface area contributed by atoms with Gasteiger partial charge in [0.05, 0.1) is 56.6 Å². The molecule has 26 nitrogen and oxygen atoms in total. The summed E-state index contributed by atoms with van der Waals surface area (Å²) in [6.45, 7) is 11.3. The van der Waals surface area contributed by atoms with Gasteiger partial charge in [-0.15, -0.1) is 0 Å². The van der Waals surface area contributed by atoms with E-state index in [-0.39, 0.29) is 38.5 Å². The van der Waals surface area contributed by atoms with Gasteiger partial charge in [-0.1, -0.05) is 388 Å². The molecule has 2 rings (SSSR count). The average Bonchev–Trinajstić information content (AvgIpc) is 0.776. The van der Waals surface area contributed by atoms with Crippen LogP contribution in [0.3, 0.4) is 0 Å². The lowest BCUT2D eigenvalue weighted by molar-refractivity contribution is -0.261. The summed E-state index contributed by atoms with van der Waals surface area (Å²) in [6, 6.07) is -3.61. The Morgan fingerprint density at radius 3 is 1.02 bits per heavy atom. The lowest BCUT2D eigenvalue weighted by Crippen LogP contribution is -2.67. The summed E-state index contributed by atoms with van der Waals surface area (Å²) >= 11 is 0. The summed E-state index contributed by atoms with van der Waals surface area (Å²) in [6.07, 6.45) is 40.0. The third kappa shape index (κ3) is 63.5. The molecule has 0 aromatic rings. The lowest BCUT2D eigenvalue weighted by Gasteiger charge is -2.47. The van der Waals surface area contributed by atoms with Crippen molar-refractivity contribution in [2.75, 3.05) is 13.2 Å². The molecule has 2 fully saturated rings. The molecule has 1 aliphatic heterocycles. The Bertz CT molecular complexity index is 2750. The fourth-order valence-electron chi connectivity index (χ4n) is 17.4. The first-order valence-electron chi connectivity index (χ1n) is 51.1. The molecule has 1 heterocycles. The van der Waals surface area contributed by atoms with Crippen LogP contribution in [0.25, 0.3) is 0 Å². The monoisotopic (exact) mass is 1820 g/mol. The minimum atomic E-state index is -5.66. The summed E-state index contributed by atoms with van der Waals surface area (Å²) in [4.78, 5) is 129. The van der Waals surface area contributed by atoms with Gasteiger partial charge in [0.25, 0.3) is 0 Å². The van der Waals surface area contributed by atoms with E-state index in [9.17, 15) is 68.3 Å². The first-order chi connectivity index (χ1) is 60.3. The van der Waals surface area contributed by atoms with Crippen LogP contribution < -0.4 is 10.6 Å². The maximum absolute atomic E-state index is 15.3. The van der Waals surface area contributed by atoms with Crippen LogP contribution >= 0.6 is 15.6 Å². The number of rotatable bonds is 86. The molecule has 736 valence electrons. The van der Waals surface area contributed by atoms with Gasteiger partial charge in [0.2, 0.25) is 11.8 Å². The SMILES string of the molecule is CCCCCCCCCCCCCC(=O)OC(CCCCCCCCCCC)CC(=O)NC1C(OCC2OC(OP(=O)(O)O)C(NC(=O)CC(O)CCCCCCCCCCC)C(OC(=O)CC(O)CCCCCCCCCCC)C2O)CC(CO)C(OP(=O)(O)O)C1OC(=O)CC(CCCCCCCCCCC)OC(=O)CCCCCCCCCCCCC. The van der Waals surface area contributed by atoms with Crippen molar-refractivity contribution in [1.29, 1.82) is 0 Å². The smallest absolute Gasteiger partial charge is 0.462 e. The fourth-order valence-corrected chi connectivity index (χ4v) is 18.5. The number of phosphoric ester groups is 2. The van der Waals surface area contributed by atoms with Gasteiger partial charge in [0.1, 0.15) is 36.6 Å². The topological polar surface area (TPSA) is 396 Å². The second kappa shape index (κ2) is 77.3. The van der Waals surface area contributed by atoms with Crippen molar-refractivity contribution in [3.63, 3.8) is 0 Å². The second-order valence-electron chi connectivity index (χ2n) is 36.7. The summed E-state index contributed by atoms with van der Waals surface area (Å²) < 4.78 is 74.6. The Morgan fingerprint density at radius 1 is 0.360 bits per heavy atom. The third-order valence-corrected chi connectivity index (χ3v) is 25.9. The largest absolute Gasteiger partial charge is 0.472 e. The summed E-state index contributed by atoms with van der Waals surface area (Å²) in [7, 11) is -11.3. The van der Waals surface area contributed by atoms with Crippen LogP contribution in [-0.2, 0) is 75.4 Å². The van der Waals surface area contributed by atoms with Crippen molar-refractivity contribution in [3.05, 3.63) is 0 Å². The number of amides is 2. The van der Waals surface area contributed by atoms with Crippen LogP contribution in [0.4, 0.5) is 0 Å². The van der Waals surface area contributed by atoms with Gasteiger partial charge in [-0.05, 0) is 57.8 Å². The number of aliphatic hydroxyl groups is 4. The minimum Gasteiger partial charge on any atom is -0.462 e. The Balaban J connectivity index is 2.84. The van der Waals surface area contributed by atoms with E-state index in [0.717, 1.165) is 244 Å². The molecular weight excluding hydrogens is 1640 g/mol. The average molecular weight is 1820 g/mol. The molecule has 0 bridgehead atoms. The van der Waals surface area contributed by atoms with Gasteiger partial charge in [-0.3, -0.25) is 37.8 Å². The quantitative estimate of drug-likeness (QED) is 0.0117. The molecule has 1 aliphatic carbocycles. The van der Waals surface area contributed by atoms with E-state index in [4.69, 9.17) is 37.5 Å². The Kier molecular flexibility index (Phi) is 72.9. The van der Waals surface area contributed by atoms with Crippen molar-refractivity contribution < 1.29 is 115 Å². The Hall–Kier alpha value is -3.20. The molecule has 1 saturated carbocycles. The Morgan fingerprint density at radius 2 is 0.664 bits per heavy atom. The second-order valence-corrected chi connectivity index (χ2v) is 39.1. The molecule has 0 aromatic carbocycles. The number of carbonyl (C=O) groups is 6. The molecule has 0 spiro atoms. The molecule has 2 aliphatic rings. The van der Waals surface area contributed by atoms with Crippen molar-refractivity contribution >= 4 is 51.3 Å². The highest BCUT2D eigenvalue weighted by Crippen LogP contribution is 2.46. The van der Waals surface area contributed by atoms with E-state index in [2.05, 4.69) is 52.2 Å². The molecule has 125 heavy (non-hydrogen) atoms. The maximum atomic E-state index is 15.3. The molecule has 14 unspecified atom stereocenters. The highest BCUT2D eigenvalue weighted by Gasteiger charge is 2.54. The molecule has 28 heteroatoms. The minimum absolute atomic E-state index is 0.0947. The molecule has 2 amide bonds. The number of phosphoric acid groups is 2. The molecule has 0 aromatic heterocycles.